The van der Waals surface area contributed by atoms with E-state index in [0.717, 1.165) is 10.6 Å². The second kappa shape index (κ2) is 8.34. The number of halogens is 1. The summed E-state index contributed by atoms with van der Waals surface area (Å²) in [5, 5.41) is 19.6. The highest BCUT2D eigenvalue weighted by Gasteiger charge is 2.15. The van der Waals surface area contributed by atoms with Crippen LogP contribution in [0.2, 0.25) is 5.02 Å². The minimum absolute atomic E-state index is 0.151. The third-order valence-electron chi connectivity index (χ3n) is 4.19. The average molecular weight is 459 g/mol. The molecule has 0 spiro atoms. The molecule has 0 saturated carbocycles. The third-order valence-corrected chi connectivity index (χ3v) is 5.63. The van der Waals surface area contributed by atoms with Crippen molar-refractivity contribution in [2.24, 2.45) is 0 Å². The molecule has 0 unspecified atom stereocenters. The number of aromatic nitrogens is 4. The van der Waals surface area contributed by atoms with Gasteiger partial charge in [-0.15, -0.1) is 10.2 Å². The standard InChI is InChI=1S/C19H15ClN6O2S2/c1-10-23-24-19-26(10)25-17(30-19)12-5-3-4-6-14(12)21-18(29)22-16(27)11-7-8-15(28-2)13(20)9-11/h3-9H,1-2H3,(H2,21,22,27,29). The van der Waals surface area contributed by atoms with Crippen molar-refractivity contribution in [3.63, 3.8) is 0 Å². The van der Waals surface area contributed by atoms with Crippen LogP contribution in [0.3, 0.4) is 0 Å². The van der Waals surface area contributed by atoms with Gasteiger partial charge in [-0.05, 0) is 49.5 Å². The maximum absolute atomic E-state index is 12.5. The largest absolute Gasteiger partial charge is 0.495 e. The van der Waals surface area contributed by atoms with E-state index < -0.39 is 0 Å². The fourth-order valence-electron chi connectivity index (χ4n) is 2.74. The van der Waals surface area contributed by atoms with Gasteiger partial charge in [-0.1, -0.05) is 35.1 Å². The molecule has 0 radical (unpaired) electrons. The summed E-state index contributed by atoms with van der Waals surface area (Å²) in [4.78, 5) is 13.2. The molecule has 0 aliphatic rings. The van der Waals surface area contributed by atoms with Crippen LogP contribution < -0.4 is 15.4 Å². The Morgan fingerprint density at radius 2 is 2.03 bits per heavy atom. The first-order chi connectivity index (χ1) is 14.5. The van der Waals surface area contributed by atoms with E-state index in [9.17, 15) is 4.79 Å². The number of rotatable bonds is 4. The summed E-state index contributed by atoms with van der Waals surface area (Å²) in [5.41, 5.74) is 1.90. The first-order valence-electron chi connectivity index (χ1n) is 8.70. The summed E-state index contributed by atoms with van der Waals surface area (Å²) in [7, 11) is 1.51. The highest BCUT2D eigenvalue weighted by molar-refractivity contribution is 7.80. The predicted molar refractivity (Wildman–Crippen MR) is 121 cm³/mol. The summed E-state index contributed by atoms with van der Waals surface area (Å²) in [6.07, 6.45) is 0. The van der Waals surface area contributed by atoms with E-state index >= 15 is 0 Å². The van der Waals surface area contributed by atoms with E-state index in [0.29, 0.717) is 32.8 Å². The minimum atomic E-state index is -0.385. The van der Waals surface area contributed by atoms with Gasteiger partial charge in [0.25, 0.3) is 5.91 Å². The van der Waals surface area contributed by atoms with E-state index in [1.54, 1.807) is 16.6 Å². The number of ether oxygens (including phenoxy) is 1. The quantitative estimate of drug-likeness (QED) is 0.447. The molecule has 11 heteroatoms. The number of nitrogens with zero attached hydrogens (tertiary/aromatic N) is 4. The van der Waals surface area contributed by atoms with Gasteiger partial charge in [0.05, 0.1) is 17.8 Å². The van der Waals surface area contributed by atoms with Crippen LogP contribution in [0.1, 0.15) is 16.2 Å². The maximum Gasteiger partial charge on any atom is 0.257 e. The van der Waals surface area contributed by atoms with Gasteiger partial charge in [0.2, 0.25) is 4.96 Å². The van der Waals surface area contributed by atoms with Crippen LogP contribution >= 0.6 is 35.2 Å². The number of hydrogen-bond donors (Lipinski definition) is 2. The molecule has 8 nitrogen and oxygen atoms in total. The van der Waals surface area contributed by atoms with Crippen LogP contribution in [0.25, 0.3) is 15.5 Å². The summed E-state index contributed by atoms with van der Waals surface area (Å²) in [6, 6.07) is 12.3. The van der Waals surface area contributed by atoms with Gasteiger partial charge in [0.1, 0.15) is 10.8 Å². The molecule has 30 heavy (non-hydrogen) atoms. The Bertz CT molecular complexity index is 1270. The predicted octanol–water partition coefficient (Wildman–Crippen LogP) is 3.95. The number of carbonyl (C=O) groups is 1. The van der Waals surface area contributed by atoms with Crippen LogP contribution in [0, 0.1) is 6.92 Å². The van der Waals surface area contributed by atoms with E-state index in [2.05, 4.69) is 25.9 Å². The van der Waals surface area contributed by atoms with E-state index in [1.165, 1.54) is 24.5 Å². The highest BCUT2D eigenvalue weighted by Crippen LogP contribution is 2.31. The lowest BCUT2D eigenvalue weighted by Crippen LogP contribution is -2.34. The molecule has 2 aromatic carbocycles. The normalized spacial score (nSPS) is 10.8. The van der Waals surface area contributed by atoms with Crippen molar-refractivity contribution >= 4 is 56.8 Å². The minimum Gasteiger partial charge on any atom is -0.495 e. The topological polar surface area (TPSA) is 93.4 Å². The number of amides is 1. The zero-order chi connectivity index (χ0) is 21.3. The lowest BCUT2D eigenvalue weighted by molar-refractivity contribution is 0.0977. The SMILES string of the molecule is COc1ccc(C(=O)NC(=S)Nc2ccccc2-c2nn3c(C)nnc3s2)cc1Cl. The molecule has 152 valence electrons. The summed E-state index contributed by atoms with van der Waals surface area (Å²) >= 11 is 12.8. The molecule has 2 heterocycles. The summed E-state index contributed by atoms with van der Waals surface area (Å²) in [5.74, 6) is 0.811. The van der Waals surface area contributed by atoms with Crippen molar-refractivity contribution in [2.45, 2.75) is 6.92 Å². The Hall–Kier alpha value is -3.08. The molecule has 0 aliphatic heterocycles. The van der Waals surface area contributed by atoms with E-state index in [4.69, 9.17) is 28.6 Å². The fourth-order valence-corrected chi connectivity index (χ4v) is 4.12. The Morgan fingerprint density at radius 3 is 2.77 bits per heavy atom. The number of fused-ring (bicyclic) bond motifs is 1. The number of hydrogen-bond acceptors (Lipinski definition) is 7. The van der Waals surface area contributed by atoms with Crippen LogP contribution in [-0.2, 0) is 0 Å². The van der Waals surface area contributed by atoms with Gasteiger partial charge < -0.3 is 10.1 Å². The molecule has 0 fully saturated rings. The zero-order valence-electron chi connectivity index (χ0n) is 15.8. The average Bonchev–Trinajstić information content (AvgIpc) is 3.30. The molecule has 2 aromatic heterocycles. The molecule has 2 N–H and O–H groups in total. The smallest absolute Gasteiger partial charge is 0.257 e. The zero-order valence-corrected chi connectivity index (χ0v) is 18.2. The monoisotopic (exact) mass is 458 g/mol. The second-order valence-corrected chi connectivity index (χ2v) is 7.92. The summed E-state index contributed by atoms with van der Waals surface area (Å²) < 4.78 is 6.79. The third kappa shape index (κ3) is 3.97. The van der Waals surface area contributed by atoms with Gasteiger partial charge in [-0.3, -0.25) is 10.1 Å². The molecule has 4 aromatic rings. The molecule has 0 aliphatic carbocycles. The number of para-hydroxylation sites is 1. The Labute approximate surface area is 185 Å². The Balaban J connectivity index is 1.52. The molecular formula is C19H15ClN6O2S2. The number of thiocarbonyl (C=S) groups is 1. The van der Waals surface area contributed by atoms with Gasteiger partial charge in [0, 0.05) is 11.1 Å². The van der Waals surface area contributed by atoms with E-state index in [1.807, 2.05) is 31.2 Å². The molecule has 0 saturated heterocycles. The molecule has 1 amide bonds. The lowest BCUT2D eigenvalue weighted by Gasteiger charge is -2.12. The number of anilines is 1. The maximum atomic E-state index is 12.5. The van der Waals surface area contributed by atoms with Crippen molar-refractivity contribution in [1.82, 2.24) is 25.1 Å². The highest BCUT2D eigenvalue weighted by atomic mass is 35.5. The van der Waals surface area contributed by atoms with Crippen LogP contribution in [0.5, 0.6) is 5.75 Å². The molecular weight excluding hydrogens is 444 g/mol. The molecule has 0 atom stereocenters. The van der Waals surface area contributed by atoms with Crippen molar-refractivity contribution in [3.8, 4) is 16.3 Å². The number of nitrogens with one attached hydrogen (secondary N) is 2. The first-order valence-corrected chi connectivity index (χ1v) is 10.3. The number of aryl methyl sites for hydroxylation is 1. The van der Waals surface area contributed by atoms with Crippen LogP contribution in [0.15, 0.2) is 42.5 Å². The van der Waals surface area contributed by atoms with Crippen molar-refractivity contribution in [1.29, 1.82) is 0 Å². The number of carbonyl (C=O) groups excluding carboxylic acids is 1. The van der Waals surface area contributed by atoms with Crippen molar-refractivity contribution < 1.29 is 9.53 Å². The van der Waals surface area contributed by atoms with Crippen molar-refractivity contribution in [3.05, 3.63) is 58.9 Å². The molecule has 0 bridgehead atoms. The number of methoxy groups -OCH3 is 1. The van der Waals surface area contributed by atoms with Crippen LogP contribution in [0.4, 0.5) is 5.69 Å². The van der Waals surface area contributed by atoms with Crippen molar-refractivity contribution in [2.75, 3.05) is 12.4 Å². The van der Waals surface area contributed by atoms with E-state index in [-0.39, 0.29) is 11.0 Å². The Kier molecular flexibility index (Phi) is 5.62. The first kappa shape index (κ1) is 20.2. The second-order valence-electron chi connectivity index (χ2n) is 6.15. The Morgan fingerprint density at radius 1 is 1.23 bits per heavy atom. The van der Waals surface area contributed by atoms with Gasteiger partial charge in [-0.25, -0.2) is 0 Å². The molecule has 4 rings (SSSR count). The van der Waals surface area contributed by atoms with Crippen LogP contribution in [-0.4, -0.2) is 37.9 Å². The number of benzene rings is 2. The van der Waals surface area contributed by atoms with Gasteiger partial charge >= 0.3 is 0 Å². The lowest BCUT2D eigenvalue weighted by atomic mass is 10.2. The fraction of sp³-hybridized carbons (Fsp3) is 0.105. The summed E-state index contributed by atoms with van der Waals surface area (Å²) in [6.45, 7) is 1.84. The van der Waals surface area contributed by atoms with Gasteiger partial charge in [0.15, 0.2) is 10.9 Å². The van der Waals surface area contributed by atoms with Gasteiger partial charge in [-0.2, -0.15) is 9.61 Å².